The van der Waals surface area contributed by atoms with E-state index >= 15 is 0 Å². The van der Waals surface area contributed by atoms with Crippen LogP contribution in [0.4, 0.5) is 4.79 Å². The van der Waals surface area contributed by atoms with Crippen LogP contribution in [0.2, 0.25) is 0 Å². The minimum Gasteiger partial charge on any atom is -0.489 e. The van der Waals surface area contributed by atoms with Crippen molar-refractivity contribution in [2.24, 2.45) is 0 Å². The fourth-order valence-electron chi connectivity index (χ4n) is 0.872. The highest BCUT2D eigenvalue weighted by atomic mass is 16.5. The summed E-state index contributed by atoms with van der Waals surface area (Å²) in [6.45, 7) is 3.78. The predicted octanol–water partition coefficient (Wildman–Crippen LogP) is 0.746. The molecular weight excluding hydrogens is 212 g/mol. The lowest BCUT2D eigenvalue weighted by Gasteiger charge is -2.07. The third-order valence-corrected chi connectivity index (χ3v) is 1.52. The van der Waals surface area contributed by atoms with Crippen LogP contribution >= 0.6 is 0 Å². The van der Waals surface area contributed by atoms with Crippen molar-refractivity contribution in [1.29, 1.82) is 5.26 Å². The van der Waals surface area contributed by atoms with Gasteiger partial charge in [-0.1, -0.05) is 0 Å². The number of alkyl carbamates (subject to hydrolysis) is 1. The number of carbonyl (C=O) groups excluding carboxylic acids is 2. The summed E-state index contributed by atoms with van der Waals surface area (Å²) in [5.74, 6) is -0.0678. The first-order chi connectivity index (χ1) is 7.69. The molecule has 6 heteroatoms. The quantitative estimate of drug-likeness (QED) is 0.312. The van der Waals surface area contributed by atoms with Crippen LogP contribution in [0.5, 0.6) is 0 Å². The summed E-state index contributed by atoms with van der Waals surface area (Å²) < 4.78 is 9.53. The van der Waals surface area contributed by atoms with Crippen molar-refractivity contribution >= 4 is 12.4 Å². The molecule has 0 heterocycles. The van der Waals surface area contributed by atoms with Gasteiger partial charge in [0, 0.05) is 0 Å². The lowest BCUT2D eigenvalue weighted by atomic mass is 10.2. The van der Waals surface area contributed by atoms with Crippen molar-refractivity contribution in [3.63, 3.8) is 0 Å². The smallest absolute Gasteiger partial charge is 0.407 e. The van der Waals surface area contributed by atoms with E-state index in [0.717, 1.165) is 0 Å². The van der Waals surface area contributed by atoms with Gasteiger partial charge in [0.1, 0.15) is 6.07 Å². The maximum atomic E-state index is 10.9. The molecule has 0 aliphatic heterocycles. The normalized spacial score (nSPS) is 10.8. The lowest BCUT2D eigenvalue weighted by Crippen LogP contribution is -2.27. The second-order valence-electron chi connectivity index (χ2n) is 2.58. The Morgan fingerprint density at radius 3 is 2.44 bits per heavy atom. The molecule has 0 aliphatic rings. The summed E-state index contributed by atoms with van der Waals surface area (Å²) in [4.78, 5) is 21.5. The van der Waals surface area contributed by atoms with Crippen molar-refractivity contribution in [2.75, 3.05) is 19.8 Å². The van der Waals surface area contributed by atoms with E-state index in [4.69, 9.17) is 10.00 Å². The van der Waals surface area contributed by atoms with Crippen LogP contribution < -0.4 is 5.32 Å². The van der Waals surface area contributed by atoms with Crippen LogP contribution in [-0.4, -0.2) is 32.1 Å². The number of amides is 1. The van der Waals surface area contributed by atoms with Gasteiger partial charge in [-0.15, -0.1) is 0 Å². The molecule has 16 heavy (non-hydrogen) atoms. The van der Waals surface area contributed by atoms with Gasteiger partial charge in [0.2, 0.25) is 0 Å². The van der Waals surface area contributed by atoms with Crippen molar-refractivity contribution in [3.8, 4) is 6.07 Å². The first kappa shape index (κ1) is 14.0. The van der Waals surface area contributed by atoms with E-state index in [1.807, 2.05) is 0 Å². The molecule has 88 valence electrons. The van der Waals surface area contributed by atoms with Gasteiger partial charge in [-0.05, 0) is 13.8 Å². The van der Waals surface area contributed by atoms with Gasteiger partial charge < -0.3 is 14.8 Å². The van der Waals surface area contributed by atoms with Gasteiger partial charge in [0.05, 0.1) is 25.3 Å². The molecule has 6 nitrogen and oxygen atoms in total. The zero-order chi connectivity index (χ0) is 12.4. The van der Waals surface area contributed by atoms with Crippen molar-refractivity contribution in [2.45, 2.75) is 13.8 Å². The number of nitrogens with zero attached hydrogens (tertiary/aromatic N) is 1. The van der Waals surface area contributed by atoms with Crippen molar-refractivity contribution < 1.29 is 19.1 Å². The Hall–Kier alpha value is -2.03. The number of allylic oxidation sites excluding steroid dienone is 1. The van der Waals surface area contributed by atoms with Gasteiger partial charge in [-0.25, -0.2) is 4.79 Å². The molecule has 0 aliphatic carbocycles. The van der Waals surface area contributed by atoms with Crippen molar-refractivity contribution in [3.05, 3.63) is 11.3 Å². The molecule has 0 atom stereocenters. The molecule has 0 radical (unpaired) electrons. The second kappa shape index (κ2) is 8.29. The first-order valence-corrected chi connectivity index (χ1v) is 4.81. The van der Waals surface area contributed by atoms with Gasteiger partial charge in [-0.3, -0.25) is 4.79 Å². The molecule has 0 aromatic carbocycles. The molecule has 0 unspecified atom stereocenters. The number of hydrogen-bond acceptors (Lipinski definition) is 5. The lowest BCUT2D eigenvalue weighted by molar-refractivity contribution is -0.107. The zero-order valence-electron chi connectivity index (χ0n) is 9.28. The standard InChI is InChI=1S/C10H14N2O4/c1-3-15-9(7-13)8(5-11)6-12-10(14)16-4-2/h7H,3-4,6H2,1-2H3,(H,12,14). The van der Waals surface area contributed by atoms with Crippen LogP contribution in [0.25, 0.3) is 0 Å². The van der Waals surface area contributed by atoms with Crippen LogP contribution in [0, 0.1) is 11.3 Å². The fourth-order valence-corrected chi connectivity index (χ4v) is 0.872. The Labute approximate surface area is 93.8 Å². The number of ether oxygens (including phenoxy) is 2. The van der Waals surface area contributed by atoms with Crippen LogP contribution in [0.15, 0.2) is 11.3 Å². The molecular formula is C10H14N2O4. The van der Waals surface area contributed by atoms with E-state index in [2.05, 4.69) is 10.1 Å². The minimum absolute atomic E-state index is 0.0601. The Balaban J connectivity index is 4.44. The largest absolute Gasteiger partial charge is 0.489 e. The first-order valence-electron chi connectivity index (χ1n) is 4.81. The van der Waals surface area contributed by atoms with Crippen LogP contribution in [-0.2, 0) is 14.3 Å². The summed E-state index contributed by atoms with van der Waals surface area (Å²) in [7, 11) is 0. The number of aldehydes is 1. The molecule has 0 fully saturated rings. The Kier molecular flexibility index (Phi) is 7.24. The highest BCUT2D eigenvalue weighted by molar-refractivity contribution is 5.74. The second-order valence-corrected chi connectivity index (χ2v) is 2.58. The molecule has 0 aromatic heterocycles. The van der Waals surface area contributed by atoms with E-state index in [1.54, 1.807) is 19.9 Å². The maximum absolute atomic E-state index is 10.9. The summed E-state index contributed by atoms with van der Waals surface area (Å²) >= 11 is 0. The topological polar surface area (TPSA) is 88.4 Å². The molecule has 1 amide bonds. The summed E-state index contributed by atoms with van der Waals surface area (Å²) in [5.41, 5.74) is 0.0601. The van der Waals surface area contributed by atoms with Gasteiger partial charge in [0.15, 0.2) is 12.0 Å². The highest BCUT2D eigenvalue weighted by Crippen LogP contribution is 2.02. The van der Waals surface area contributed by atoms with E-state index in [9.17, 15) is 9.59 Å². The molecule has 0 saturated heterocycles. The van der Waals surface area contributed by atoms with Crippen LogP contribution in [0.3, 0.4) is 0 Å². The van der Waals surface area contributed by atoms with Crippen LogP contribution in [0.1, 0.15) is 13.8 Å². The Morgan fingerprint density at radius 1 is 1.38 bits per heavy atom. The highest BCUT2D eigenvalue weighted by Gasteiger charge is 2.09. The SMILES string of the molecule is CCOC(=O)NCC(C#N)=C(C=O)OCC. The van der Waals surface area contributed by atoms with Crippen molar-refractivity contribution in [1.82, 2.24) is 5.32 Å². The average Bonchev–Trinajstić information content (AvgIpc) is 2.28. The number of rotatable bonds is 6. The number of carbonyl (C=O) groups is 2. The molecule has 0 aromatic rings. The predicted molar refractivity (Wildman–Crippen MR) is 55.4 cm³/mol. The third-order valence-electron chi connectivity index (χ3n) is 1.52. The van der Waals surface area contributed by atoms with E-state index in [0.29, 0.717) is 6.29 Å². The molecule has 1 N–H and O–H groups in total. The summed E-state index contributed by atoms with van der Waals surface area (Å²) in [6, 6.07) is 1.79. The minimum atomic E-state index is -0.642. The molecule has 0 saturated carbocycles. The van der Waals surface area contributed by atoms with Gasteiger partial charge >= 0.3 is 6.09 Å². The van der Waals surface area contributed by atoms with E-state index < -0.39 is 6.09 Å². The Morgan fingerprint density at radius 2 is 2.00 bits per heavy atom. The number of hydrogen-bond donors (Lipinski definition) is 1. The zero-order valence-corrected chi connectivity index (χ0v) is 9.28. The van der Waals surface area contributed by atoms with E-state index in [1.165, 1.54) is 0 Å². The molecule has 0 bridgehead atoms. The van der Waals surface area contributed by atoms with Gasteiger partial charge in [-0.2, -0.15) is 5.26 Å². The summed E-state index contributed by atoms with van der Waals surface area (Å²) in [6.07, 6.45) is -0.202. The third kappa shape index (κ3) is 5.00. The summed E-state index contributed by atoms with van der Waals surface area (Å²) in [5, 5.41) is 11.1. The molecule has 0 spiro atoms. The maximum Gasteiger partial charge on any atom is 0.407 e. The average molecular weight is 226 g/mol. The van der Waals surface area contributed by atoms with E-state index in [-0.39, 0.29) is 31.1 Å². The number of nitrogens with one attached hydrogen (secondary N) is 1. The monoisotopic (exact) mass is 226 g/mol. The molecule has 0 rings (SSSR count). The number of nitriles is 1. The fraction of sp³-hybridized carbons (Fsp3) is 0.500. The Bertz CT molecular complexity index is 317. The van der Waals surface area contributed by atoms with Gasteiger partial charge in [0.25, 0.3) is 0 Å².